The average molecular weight is 503 g/mol. The molecule has 1 aliphatic rings. The summed E-state index contributed by atoms with van der Waals surface area (Å²) in [6.45, 7) is 1.07. The van der Waals surface area contributed by atoms with E-state index in [1.807, 2.05) is 47.8 Å². The molecule has 6 nitrogen and oxygen atoms in total. The predicted octanol–water partition coefficient (Wildman–Crippen LogP) is 4.29. The zero-order chi connectivity index (χ0) is 24.0. The van der Waals surface area contributed by atoms with E-state index < -0.39 is 15.8 Å². The molecule has 180 valence electrons. The van der Waals surface area contributed by atoms with Gasteiger partial charge in [0.15, 0.2) is 0 Å². The van der Waals surface area contributed by atoms with Crippen LogP contribution in [0.15, 0.2) is 77.0 Å². The maximum atomic E-state index is 13.5. The molecule has 0 saturated carbocycles. The first-order chi connectivity index (χ1) is 16.4. The van der Waals surface area contributed by atoms with Crippen LogP contribution < -0.4 is 0 Å². The van der Waals surface area contributed by atoms with Gasteiger partial charge < -0.3 is 9.64 Å². The molecule has 2 aromatic carbocycles. The van der Waals surface area contributed by atoms with Crippen molar-refractivity contribution in [1.29, 1.82) is 0 Å². The number of benzene rings is 2. The number of amides is 1. The number of sulfonamides is 1. The van der Waals surface area contributed by atoms with Gasteiger partial charge >= 0.3 is 0 Å². The lowest BCUT2D eigenvalue weighted by Gasteiger charge is -2.28. The van der Waals surface area contributed by atoms with Crippen molar-refractivity contribution in [3.63, 3.8) is 0 Å². The van der Waals surface area contributed by atoms with E-state index in [0.717, 1.165) is 35.4 Å². The summed E-state index contributed by atoms with van der Waals surface area (Å²) in [6.07, 6.45) is 1.30. The van der Waals surface area contributed by atoms with E-state index in [2.05, 4.69) is 0 Å². The second kappa shape index (κ2) is 11.2. The molecule has 0 bridgehead atoms. The maximum Gasteiger partial charge on any atom is 0.243 e. The fraction of sp³-hybridized carbons (Fsp3) is 0.320. The van der Waals surface area contributed by atoms with Gasteiger partial charge in [-0.15, -0.1) is 11.3 Å². The normalized spacial score (nSPS) is 16.1. The van der Waals surface area contributed by atoms with Gasteiger partial charge in [0, 0.05) is 24.6 Å². The molecule has 9 heteroatoms. The van der Waals surface area contributed by atoms with Gasteiger partial charge in [-0.3, -0.25) is 4.79 Å². The van der Waals surface area contributed by atoms with Crippen molar-refractivity contribution in [1.82, 2.24) is 9.21 Å². The zero-order valence-electron chi connectivity index (χ0n) is 18.7. The van der Waals surface area contributed by atoms with Crippen LogP contribution in [0.3, 0.4) is 0 Å². The Morgan fingerprint density at radius 3 is 2.44 bits per heavy atom. The highest BCUT2D eigenvalue weighted by atomic mass is 32.2. The largest absolute Gasteiger partial charge is 0.377 e. The summed E-state index contributed by atoms with van der Waals surface area (Å²) < 4.78 is 47.1. The third kappa shape index (κ3) is 6.29. The first-order valence-corrected chi connectivity index (χ1v) is 13.5. The number of nitrogens with zero attached hydrogens (tertiary/aromatic N) is 2. The van der Waals surface area contributed by atoms with Gasteiger partial charge in [-0.05, 0) is 54.1 Å². The van der Waals surface area contributed by atoms with Crippen LogP contribution in [0.2, 0.25) is 0 Å². The van der Waals surface area contributed by atoms with E-state index in [4.69, 9.17) is 4.74 Å². The van der Waals surface area contributed by atoms with Crippen LogP contribution in [0.5, 0.6) is 0 Å². The lowest BCUT2D eigenvalue weighted by Crippen LogP contribution is -2.45. The number of hydrogen-bond acceptors (Lipinski definition) is 5. The fourth-order valence-electron chi connectivity index (χ4n) is 3.90. The quantitative estimate of drug-likeness (QED) is 0.415. The molecule has 4 rings (SSSR count). The lowest BCUT2D eigenvalue weighted by molar-refractivity contribution is -0.132. The monoisotopic (exact) mass is 502 g/mol. The predicted molar refractivity (Wildman–Crippen MR) is 129 cm³/mol. The number of hydrogen-bond donors (Lipinski definition) is 0. The summed E-state index contributed by atoms with van der Waals surface area (Å²) in [7, 11) is -4.03. The maximum absolute atomic E-state index is 13.5. The number of carbonyl (C=O) groups excluding carboxylic acids is 1. The summed E-state index contributed by atoms with van der Waals surface area (Å²) in [5, 5.41) is 1.95. The minimum atomic E-state index is -4.03. The van der Waals surface area contributed by atoms with Crippen molar-refractivity contribution >= 4 is 27.3 Å². The highest BCUT2D eigenvalue weighted by molar-refractivity contribution is 7.89. The van der Waals surface area contributed by atoms with Gasteiger partial charge in [0.2, 0.25) is 15.9 Å². The molecule has 1 fully saturated rings. The van der Waals surface area contributed by atoms with Gasteiger partial charge in [-0.1, -0.05) is 36.4 Å². The average Bonchev–Trinajstić information content (AvgIpc) is 3.53. The molecule has 34 heavy (non-hydrogen) atoms. The molecule has 1 aromatic heterocycles. The molecule has 1 atom stereocenters. The van der Waals surface area contributed by atoms with E-state index in [9.17, 15) is 17.6 Å². The SMILES string of the molecule is O=C(CN(C[C@@H]1CCCO1)S(=O)(=O)c1ccc(F)cc1)N(Cc1ccccc1)Cc1cccs1. The molecular formula is C25H27FN2O4S2. The third-order valence-electron chi connectivity index (χ3n) is 5.69. The summed E-state index contributed by atoms with van der Waals surface area (Å²) >= 11 is 1.55. The highest BCUT2D eigenvalue weighted by Gasteiger charge is 2.32. The third-order valence-corrected chi connectivity index (χ3v) is 8.38. The Hall–Kier alpha value is -2.59. The van der Waals surface area contributed by atoms with Gasteiger partial charge in [0.1, 0.15) is 5.82 Å². The second-order valence-corrected chi connectivity index (χ2v) is 11.2. The van der Waals surface area contributed by atoms with E-state index >= 15 is 0 Å². The topological polar surface area (TPSA) is 66.9 Å². The Balaban J connectivity index is 1.59. The smallest absolute Gasteiger partial charge is 0.243 e. The van der Waals surface area contributed by atoms with E-state index in [-0.39, 0.29) is 30.0 Å². The van der Waals surface area contributed by atoms with Crippen molar-refractivity contribution in [2.45, 2.75) is 36.9 Å². The standard InChI is InChI=1S/C25H27FN2O4S2/c26-21-10-12-24(13-11-21)34(30,31)28(17-22-8-4-14-32-22)19-25(29)27(18-23-9-5-15-33-23)16-20-6-2-1-3-7-20/h1-3,5-7,9-13,15,22H,4,8,14,16-19H2/t22-/m0/s1. The molecule has 1 amide bonds. The minimum Gasteiger partial charge on any atom is -0.377 e. The van der Waals surface area contributed by atoms with Crippen molar-refractivity contribution < 1.29 is 22.3 Å². The second-order valence-electron chi connectivity index (χ2n) is 8.20. The number of rotatable bonds is 10. The van der Waals surface area contributed by atoms with Gasteiger partial charge in [-0.25, -0.2) is 12.8 Å². The number of ether oxygens (including phenoxy) is 1. The first-order valence-electron chi connectivity index (χ1n) is 11.1. The molecule has 1 saturated heterocycles. The van der Waals surface area contributed by atoms with Crippen molar-refractivity contribution in [3.05, 3.63) is 88.4 Å². The Kier molecular flexibility index (Phi) is 8.10. The van der Waals surface area contributed by atoms with Crippen molar-refractivity contribution in [2.75, 3.05) is 19.7 Å². The van der Waals surface area contributed by atoms with E-state index in [0.29, 0.717) is 19.7 Å². The van der Waals surface area contributed by atoms with Crippen LogP contribution in [-0.2, 0) is 32.6 Å². The van der Waals surface area contributed by atoms with Crippen LogP contribution >= 0.6 is 11.3 Å². The fourth-order valence-corrected chi connectivity index (χ4v) is 6.04. The van der Waals surface area contributed by atoms with Crippen LogP contribution in [0, 0.1) is 5.82 Å². The van der Waals surface area contributed by atoms with Crippen LogP contribution in [-0.4, -0.2) is 49.3 Å². The number of carbonyl (C=O) groups is 1. The molecule has 0 radical (unpaired) electrons. The van der Waals surface area contributed by atoms with Crippen molar-refractivity contribution in [2.24, 2.45) is 0 Å². The van der Waals surface area contributed by atoms with E-state index in [1.165, 1.54) is 16.4 Å². The Morgan fingerprint density at radius 2 is 1.79 bits per heavy atom. The minimum absolute atomic E-state index is 0.0486. The summed E-state index contributed by atoms with van der Waals surface area (Å²) in [6, 6.07) is 18.2. The van der Waals surface area contributed by atoms with Crippen LogP contribution in [0.25, 0.3) is 0 Å². The zero-order valence-corrected chi connectivity index (χ0v) is 20.3. The first kappa shape index (κ1) is 24.5. The molecule has 1 aliphatic heterocycles. The molecular weight excluding hydrogens is 475 g/mol. The molecule has 0 aliphatic carbocycles. The highest BCUT2D eigenvalue weighted by Crippen LogP contribution is 2.22. The van der Waals surface area contributed by atoms with Gasteiger partial charge in [0.25, 0.3) is 0 Å². The molecule has 3 aromatic rings. The Morgan fingerprint density at radius 1 is 1.03 bits per heavy atom. The van der Waals surface area contributed by atoms with Gasteiger partial charge in [-0.2, -0.15) is 4.31 Å². The lowest BCUT2D eigenvalue weighted by atomic mass is 10.2. The summed E-state index contributed by atoms with van der Waals surface area (Å²) in [4.78, 5) is 16.1. The summed E-state index contributed by atoms with van der Waals surface area (Å²) in [5.41, 5.74) is 0.958. The van der Waals surface area contributed by atoms with E-state index in [1.54, 1.807) is 16.2 Å². The van der Waals surface area contributed by atoms with Crippen molar-refractivity contribution in [3.8, 4) is 0 Å². The number of thiophene rings is 1. The molecule has 0 spiro atoms. The Bertz CT molecular complexity index is 1160. The van der Waals surface area contributed by atoms with Gasteiger partial charge in [0.05, 0.1) is 24.1 Å². The molecule has 2 heterocycles. The van der Waals surface area contributed by atoms with Crippen LogP contribution in [0.1, 0.15) is 23.3 Å². The molecule has 0 unspecified atom stereocenters. The van der Waals surface area contributed by atoms with Crippen LogP contribution in [0.4, 0.5) is 4.39 Å². The Labute approximate surface area is 203 Å². The summed E-state index contributed by atoms with van der Waals surface area (Å²) in [5.74, 6) is -0.827. The molecule has 0 N–H and O–H groups in total. The number of halogens is 1.